The smallest absolute Gasteiger partial charge is 0.315 e. The van der Waals surface area contributed by atoms with Gasteiger partial charge in [0.05, 0.1) is 6.42 Å². The first kappa shape index (κ1) is 14.7. The molecule has 0 saturated carbocycles. The SMILES string of the molecule is CC(CC(=O)O)NC(=O)NCCN1CCNCC1. The lowest BCUT2D eigenvalue weighted by molar-refractivity contribution is -0.137. The van der Waals surface area contributed by atoms with E-state index in [1.165, 1.54) is 0 Å². The molecule has 7 heteroatoms. The highest BCUT2D eigenvalue weighted by atomic mass is 16.4. The quantitative estimate of drug-likeness (QED) is 0.493. The van der Waals surface area contributed by atoms with E-state index in [2.05, 4.69) is 20.9 Å². The Bertz CT molecular complexity index is 279. The van der Waals surface area contributed by atoms with Crippen LogP contribution in [0.5, 0.6) is 0 Å². The summed E-state index contributed by atoms with van der Waals surface area (Å²) in [5, 5.41) is 17.1. The summed E-state index contributed by atoms with van der Waals surface area (Å²) in [6, 6.07) is -0.666. The predicted octanol–water partition coefficient (Wildman–Crippen LogP) is -0.946. The van der Waals surface area contributed by atoms with Crippen LogP contribution >= 0.6 is 0 Å². The zero-order chi connectivity index (χ0) is 13.4. The zero-order valence-corrected chi connectivity index (χ0v) is 10.7. The maximum Gasteiger partial charge on any atom is 0.315 e. The summed E-state index contributed by atoms with van der Waals surface area (Å²) in [5.74, 6) is -0.913. The summed E-state index contributed by atoms with van der Waals surface area (Å²) < 4.78 is 0. The zero-order valence-electron chi connectivity index (χ0n) is 10.7. The van der Waals surface area contributed by atoms with Crippen molar-refractivity contribution >= 4 is 12.0 Å². The van der Waals surface area contributed by atoms with Crippen molar-refractivity contribution < 1.29 is 14.7 Å². The van der Waals surface area contributed by atoms with Gasteiger partial charge in [-0.25, -0.2) is 4.79 Å². The second kappa shape index (κ2) is 7.88. The Labute approximate surface area is 107 Å². The normalized spacial score (nSPS) is 18.1. The number of carboxylic acid groups (broad SMARTS) is 1. The van der Waals surface area contributed by atoms with Crippen molar-refractivity contribution in [2.24, 2.45) is 0 Å². The lowest BCUT2D eigenvalue weighted by Gasteiger charge is -2.27. The summed E-state index contributed by atoms with van der Waals surface area (Å²) in [4.78, 5) is 24.1. The first-order chi connectivity index (χ1) is 8.58. The Kier molecular flexibility index (Phi) is 6.45. The van der Waals surface area contributed by atoms with Gasteiger partial charge in [0, 0.05) is 45.3 Å². The Morgan fingerprint density at radius 1 is 1.39 bits per heavy atom. The van der Waals surface area contributed by atoms with E-state index in [0.29, 0.717) is 6.54 Å². The van der Waals surface area contributed by atoms with Crippen LogP contribution in [0, 0.1) is 0 Å². The summed E-state index contributed by atoms with van der Waals surface area (Å²) in [6.45, 7) is 7.04. The van der Waals surface area contributed by atoms with E-state index in [1.807, 2.05) is 0 Å². The molecule has 1 rings (SSSR count). The molecule has 0 radical (unpaired) electrons. The van der Waals surface area contributed by atoms with Crippen molar-refractivity contribution in [1.29, 1.82) is 0 Å². The average Bonchev–Trinajstić information content (AvgIpc) is 2.29. The number of hydrogen-bond donors (Lipinski definition) is 4. The van der Waals surface area contributed by atoms with Crippen molar-refractivity contribution in [3.63, 3.8) is 0 Å². The van der Waals surface area contributed by atoms with Crippen molar-refractivity contribution in [3.8, 4) is 0 Å². The minimum Gasteiger partial charge on any atom is -0.481 e. The number of urea groups is 1. The largest absolute Gasteiger partial charge is 0.481 e. The van der Waals surface area contributed by atoms with Crippen LogP contribution in [-0.2, 0) is 4.79 Å². The van der Waals surface area contributed by atoms with Gasteiger partial charge < -0.3 is 21.1 Å². The number of rotatable bonds is 6. The predicted molar refractivity (Wildman–Crippen MR) is 67.6 cm³/mol. The van der Waals surface area contributed by atoms with Gasteiger partial charge in [-0.05, 0) is 6.92 Å². The van der Waals surface area contributed by atoms with Crippen LogP contribution in [0.25, 0.3) is 0 Å². The molecule has 1 aliphatic rings. The van der Waals surface area contributed by atoms with Gasteiger partial charge in [-0.15, -0.1) is 0 Å². The molecule has 7 nitrogen and oxygen atoms in total. The van der Waals surface area contributed by atoms with Gasteiger partial charge in [0.2, 0.25) is 0 Å². The van der Waals surface area contributed by atoms with Gasteiger partial charge in [-0.2, -0.15) is 0 Å². The van der Waals surface area contributed by atoms with Crippen LogP contribution < -0.4 is 16.0 Å². The number of nitrogens with one attached hydrogen (secondary N) is 3. The third kappa shape index (κ3) is 6.41. The number of aliphatic carboxylic acids is 1. The lowest BCUT2D eigenvalue weighted by atomic mass is 10.2. The van der Waals surface area contributed by atoms with Crippen LogP contribution in [-0.4, -0.2) is 67.3 Å². The highest BCUT2D eigenvalue weighted by Crippen LogP contribution is 1.91. The van der Waals surface area contributed by atoms with Crippen molar-refractivity contribution in [3.05, 3.63) is 0 Å². The third-order valence-corrected chi connectivity index (χ3v) is 2.78. The summed E-state index contributed by atoms with van der Waals surface area (Å²) in [6.07, 6.45) is -0.0643. The molecule has 1 unspecified atom stereocenters. The second-order valence-corrected chi connectivity index (χ2v) is 4.49. The molecule has 0 spiro atoms. The van der Waals surface area contributed by atoms with Crippen LogP contribution in [0.15, 0.2) is 0 Å². The highest BCUT2D eigenvalue weighted by molar-refractivity contribution is 5.75. The molecular weight excluding hydrogens is 236 g/mol. The van der Waals surface area contributed by atoms with Crippen LogP contribution in [0.3, 0.4) is 0 Å². The molecule has 1 fully saturated rings. The van der Waals surface area contributed by atoms with Crippen molar-refractivity contribution in [2.45, 2.75) is 19.4 Å². The molecule has 2 amide bonds. The Morgan fingerprint density at radius 2 is 2.06 bits per heavy atom. The molecule has 1 aliphatic heterocycles. The maximum atomic E-state index is 11.4. The van der Waals surface area contributed by atoms with Gasteiger partial charge in [0.25, 0.3) is 0 Å². The Morgan fingerprint density at radius 3 is 2.67 bits per heavy atom. The van der Waals surface area contributed by atoms with E-state index >= 15 is 0 Å². The summed E-state index contributed by atoms with van der Waals surface area (Å²) >= 11 is 0. The molecule has 0 aliphatic carbocycles. The molecule has 0 aromatic carbocycles. The number of carbonyl (C=O) groups excluding carboxylic acids is 1. The van der Waals surface area contributed by atoms with E-state index in [0.717, 1.165) is 32.7 Å². The summed E-state index contributed by atoms with van der Waals surface area (Å²) in [7, 11) is 0. The molecule has 4 N–H and O–H groups in total. The van der Waals surface area contributed by atoms with E-state index in [9.17, 15) is 9.59 Å². The molecule has 1 heterocycles. The molecule has 0 aromatic rings. The van der Waals surface area contributed by atoms with Crippen LogP contribution in [0.2, 0.25) is 0 Å². The van der Waals surface area contributed by atoms with E-state index < -0.39 is 5.97 Å². The van der Waals surface area contributed by atoms with E-state index in [4.69, 9.17) is 5.11 Å². The number of piperazine rings is 1. The molecule has 0 bridgehead atoms. The lowest BCUT2D eigenvalue weighted by Crippen LogP contribution is -2.48. The monoisotopic (exact) mass is 258 g/mol. The van der Waals surface area contributed by atoms with Gasteiger partial charge in [0.1, 0.15) is 0 Å². The number of amides is 2. The van der Waals surface area contributed by atoms with Crippen molar-refractivity contribution in [2.75, 3.05) is 39.3 Å². The number of carboxylic acids is 1. The molecule has 1 atom stereocenters. The number of nitrogens with zero attached hydrogens (tertiary/aromatic N) is 1. The van der Waals surface area contributed by atoms with Gasteiger partial charge in [0.15, 0.2) is 0 Å². The maximum absolute atomic E-state index is 11.4. The Balaban J connectivity index is 2.07. The van der Waals surface area contributed by atoms with Crippen LogP contribution in [0.4, 0.5) is 4.79 Å². The molecule has 1 saturated heterocycles. The third-order valence-electron chi connectivity index (χ3n) is 2.78. The molecular formula is C11H22N4O3. The summed E-state index contributed by atoms with van der Waals surface area (Å²) in [5.41, 5.74) is 0. The average molecular weight is 258 g/mol. The Hall–Kier alpha value is -1.34. The molecule has 104 valence electrons. The van der Waals surface area contributed by atoms with Crippen LogP contribution in [0.1, 0.15) is 13.3 Å². The fourth-order valence-corrected chi connectivity index (χ4v) is 1.85. The molecule has 0 aromatic heterocycles. The molecule has 18 heavy (non-hydrogen) atoms. The fraction of sp³-hybridized carbons (Fsp3) is 0.818. The first-order valence-electron chi connectivity index (χ1n) is 6.27. The van der Waals surface area contributed by atoms with E-state index in [-0.39, 0.29) is 18.5 Å². The number of hydrogen-bond acceptors (Lipinski definition) is 4. The first-order valence-corrected chi connectivity index (χ1v) is 6.27. The van der Waals surface area contributed by atoms with Crippen molar-refractivity contribution in [1.82, 2.24) is 20.9 Å². The topological polar surface area (TPSA) is 93.7 Å². The number of carbonyl (C=O) groups is 2. The highest BCUT2D eigenvalue weighted by Gasteiger charge is 2.12. The second-order valence-electron chi connectivity index (χ2n) is 4.49. The fourth-order valence-electron chi connectivity index (χ4n) is 1.85. The van der Waals surface area contributed by atoms with Gasteiger partial charge in [-0.1, -0.05) is 0 Å². The minimum atomic E-state index is -0.913. The minimum absolute atomic E-state index is 0.0643. The van der Waals surface area contributed by atoms with Gasteiger partial charge in [-0.3, -0.25) is 9.69 Å². The standard InChI is InChI=1S/C11H22N4O3/c1-9(8-10(16)17)14-11(18)13-4-7-15-5-2-12-3-6-15/h9,12H,2-8H2,1H3,(H,16,17)(H2,13,14,18). The van der Waals surface area contributed by atoms with Gasteiger partial charge >= 0.3 is 12.0 Å². The van der Waals surface area contributed by atoms with E-state index in [1.54, 1.807) is 6.92 Å².